The lowest BCUT2D eigenvalue weighted by atomic mass is 9.85. The smallest absolute Gasteiger partial charge is 0.230 e. The van der Waals surface area contributed by atoms with Crippen molar-refractivity contribution in [1.82, 2.24) is 5.43 Å². The lowest BCUT2D eigenvalue weighted by molar-refractivity contribution is -0.123. The fourth-order valence-electron chi connectivity index (χ4n) is 4.06. The predicted octanol–water partition coefficient (Wildman–Crippen LogP) is 5.44. The molecule has 6 nitrogen and oxygen atoms in total. The maximum Gasteiger partial charge on any atom is 0.230 e. The summed E-state index contributed by atoms with van der Waals surface area (Å²) in [5, 5.41) is 0. The molecule has 35 heavy (non-hydrogen) atoms. The van der Waals surface area contributed by atoms with Gasteiger partial charge in [0.15, 0.2) is 0 Å². The molecule has 7 N–H and O–H groups in total. The largest absolute Gasteiger partial charge is 0.396 e. The van der Waals surface area contributed by atoms with Crippen molar-refractivity contribution in [2.75, 3.05) is 4.90 Å². The summed E-state index contributed by atoms with van der Waals surface area (Å²) in [6.07, 6.45) is 2.18. The summed E-state index contributed by atoms with van der Waals surface area (Å²) in [6, 6.07) is 15.6. The van der Waals surface area contributed by atoms with Crippen molar-refractivity contribution in [3.8, 4) is 0 Å². The Balaban J connectivity index is 0.00000220. The number of hydrogen-bond acceptors (Lipinski definition) is 5. The fraction of sp³-hybridized carbons (Fsp3) is 0.464. The molecule has 1 heterocycles. The maximum absolute atomic E-state index is 13.8. The highest BCUT2D eigenvalue weighted by molar-refractivity contribution is 6.92. The van der Waals surface area contributed by atoms with E-state index in [1.165, 1.54) is 0 Å². The standard InChI is InChI=1S/C24H33N5O.2C2H6.H3P/c1-4-16(14-24(3,26)5-2)23(30)29-15-17-10-6-7-11-18(17)22(28-27)21(25)19-12-8-9-13-20(19)29;2*1-2;/h6-13,16,28H,4-5,14-15,25-27H2,1-3H3;2*1-2H3;1H3/b22-21-;;;. The number of hydrogen-bond donors (Lipinski definition) is 4. The first-order valence-electron chi connectivity index (χ1n) is 12.6. The number of carbonyl (C=O) groups excluding carboxylic acids is 1. The second-order valence-corrected chi connectivity index (χ2v) is 8.35. The topological polar surface area (TPSA) is 110 Å². The minimum absolute atomic E-state index is 0. The Morgan fingerprint density at radius 3 is 2.11 bits per heavy atom. The molecule has 7 heteroatoms. The van der Waals surface area contributed by atoms with E-state index in [1.54, 1.807) is 0 Å². The number of rotatable bonds is 6. The zero-order valence-corrected chi connectivity index (χ0v) is 24.2. The van der Waals surface area contributed by atoms with E-state index in [-0.39, 0.29) is 27.3 Å². The summed E-state index contributed by atoms with van der Waals surface area (Å²) in [5.74, 6) is 5.75. The fourth-order valence-corrected chi connectivity index (χ4v) is 4.06. The first-order chi connectivity index (χ1) is 16.3. The van der Waals surface area contributed by atoms with Crippen LogP contribution in [0.5, 0.6) is 0 Å². The molecule has 1 aliphatic rings. The number of amides is 1. The van der Waals surface area contributed by atoms with Gasteiger partial charge in [-0.1, -0.05) is 84.0 Å². The average molecular weight is 502 g/mol. The third kappa shape index (κ3) is 7.79. The number of carbonyl (C=O) groups is 1. The summed E-state index contributed by atoms with van der Waals surface area (Å²) >= 11 is 0. The normalized spacial score (nSPS) is 16.7. The summed E-state index contributed by atoms with van der Waals surface area (Å²) in [5.41, 5.74) is 20.0. The van der Waals surface area contributed by atoms with Crippen LogP contribution in [0.2, 0.25) is 0 Å². The monoisotopic (exact) mass is 501 g/mol. The van der Waals surface area contributed by atoms with Gasteiger partial charge >= 0.3 is 0 Å². The van der Waals surface area contributed by atoms with E-state index in [0.29, 0.717) is 24.4 Å². The molecule has 1 aliphatic heterocycles. The highest BCUT2D eigenvalue weighted by atomic mass is 31.0. The first-order valence-corrected chi connectivity index (χ1v) is 12.6. The van der Waals surface area contributed by atoms with Crippen LogP contribution in [0.1, 0.15) is 84.4 Å². The van der Waals surface area contributed by atoms with Gasteiger partial charge in [0.2, 0.25) is 5.91 Å². The van der Waals surface area contributed by atoms with Crippen LogP contribution in [0.3, 0.4) is 0 Å². The van der Waals surface area contributed by atoms with Crippen LogP contribution in [0.15, 0.2) is 48.5 Å². The molecule has 0 saturated carbocycles. The minimum Gasteiger partial charge on any atom is -0.396 e. The molecule has 3 rings (SSSR count). The Hall–Kier alpha value is -2.40. The zero-order chi connectivity index (χ0) is 25.9. The molecule has 196 valence electrons. The van der Waals surface area contributed by atoms with Crippen LogP contribution in [0.4, 0.5) is 5.69 Å². The van der Waals surface area contributed by atoms with Crippen molar-refractivity contribution in [3.63, 3.8) is 0 Å². The highest BCUT2D eigenvalue weighted by Gasteiger charge is 2.32. The van der Waals surface area contributed by atoms with Crippen LogP contribution in [0.25, 0.3) is 11.4 Å². The molecular formula is C28H48N5OP. The lowest BCUT2D eigenvalue weighted by Crippen LogP contribution is -2.44. The highest BCUT2D eigenvalue weighted by Crippen LogP contribution is 2.36. The number of nitrogens with one attached hydrogen (secondary N) is 1. The summed E-state index contributed by atoms with van der Waals surface area (Å²) in [7, 11) is 0. The average Bonchev–Trinajstić information content (AvgIpc) is 2.88. The number of benzene rings is 2. The van der Waals surface area contributed by atoms with Crippen LogP contribution < -0.4 is 27.6 Å². The Labute approximate surface area is 216 Å². The van der Waals surface area contributed by atoms with Gasteiger partial charge in [0.05, 0.1) is 23.6 Å². The SMILES string of the molecule is CC.CC.CCC(CC(C)(N)CC)C(=O)N1Cc2ccccc2/C(NN)=C(/N)c2ccccc21.P. The van der Waals surface area contributed by atoms with Gasteiger partial charge in [-0.2, -0.15) is 9.90 Å². The molecule has 0 radical (unpaired) electrons. The molecule has 3 unspecified atom stereocenters. The zero-order valence-electron chi connectivity index (χ0n) is 22.8. The number of nitrogens with zero attached hydrogens (tertiary/aromatic N) is 1. The third-order valence-corrected chi connectivity index (χ3v) is 6.14. The molecule has 0 aliphatic carbocycles. The van der Waals surface area contributed by atoms with Crippen LogP contribution in [0, 0.1) is 5.92 Å². The molecular weight excluding hydrogens is 453 g/mol. The van der Waals surface area contributed by atoms with E-state index in [2.05, 4.69) is 12.3 Å². The Morgan fingerprint density at radius 1 is 1.03 bits per heavy atom. The predicted molar refractivity (Wildman–Crippen MR) is 157 cm³/mol. The second kappa shape index (κ2) is 15.6. The molecule has 0 fully saturated rings. The molecule has 2 aromatic rings. The molecule has 2 aromatic carbocycles. The summed E-state index contributed by atoms with van der Waals surface area (Å²) in [6.45, 7) is 14.6. The number of hydrazine groups is 1. The summed E-state index contributed by atoms with van der Waals surface area (Å²) < 4.78 is 0. The maximum atomic E-state index is 13.8. The van der Waals surface area contributed by atoms with Gasteiger partial charge in [0.1, 0.15) is 0 Å². The molecule has 0 spiro atoms. The summed E-state index contributed by atoms with van der Waals surface area (Å²) in [4.78, 5) is 15.6. The quantitative estimate of drug-likeness (QED) is 0.239. The number of fused-ring (bicyclic) bond motifs is 2. The van der Waals surface area contributed by atoms with E-state index >= 15 is 0 Å². The van der Waals surface area contributed by atoms with Crippen LogP contribution in [-0.4, -0.2) is 11.4 Å². The third-order valence-electron chi connectivity index (χ3n) is 6.14. The number of nitrogens with two attached hydrogens (primary N) is 3. The van der Waals surface area contributed by atoms with Crippen molar-refractivity contribution < 1.29 is 4.79 Å². The second-order valence-electron chi connectivity index (χ2n) is 8.35. The number of anilines is 1. The van der Waals surface area contributed by atoms with Crippen molar-refractivity contribution in [1.29, 1.82) is 0 Å². The van der Waals surface area contributed by atoms with E-state index < -0.39 is 0 Å². The Bertz CT molecular complexity index is 958. The van der Waals surface area contributed by atoms with Gasteiger partial charge in [0, 0.05) is 22.6 Å². The molecule has 3 atom stereocenters. The number of para-hydroxylation sites is 1. The van der Waals surface area contributed by atoms with E-state index in [1.807, 2.05) is 95.0 Å². The first kappa shape index (κ1) is 32.6. The van der Waals surface area contributed by atoms with Crippen molar-refractivity contribution >= 4 is 32.9 Å². The molecule has 0 bridgehead atoms. The van der Waals surface area contributed by atoms with E-state index in [0.717, 1.165) is 35.2 Å². The van der Waals surface area contributed by atoms with Crippen LogP contribution >= 0.6 is 9.90 Å². The van der Waals surface area contributed by atoms with Gasteiger partial charge in [-0.15, -0.1) is 0 Å². The van der Waals surface area contributed by atoms with Gasteiger partial charge in [-0.05, 0) is 37.8 Å². The van der Waals surface area contributed by atoms with Crippen molar-refractivity contribution in [2.24, 2.45) is 23.2 Å². The van der Waals surface area contributed by atoms with Crippen molar-refractivity contribution in [3.05, 3.63) is 65.2 Å². The van der Waals surface area contributed by atoms with Gasteiger partial charge < -0.3 is 21.8 Å². The Morgan fingerprint density at radius 2 is 1.57 bits per heavy atom. The van der Waals surface area contributed by atoms with Gasteiger partial charge in [-0.25, -0.2) is 0 Å². The van der Waals surface area contributed by atoms with Gasteiger partial charge in [0.25, 0.3) is 0 Å². The molecule has 1 amide bonds. The van der Waals surface area contributed by atoms with E-state index in [9.17, 15) is 4.79 Å². The van der Waals surface area contributed by atoms with Crippen LogP contribution in [-0.2, 0) is 11.3 Å². The molecule has 0 aromatic heterocycles. The van der Waals surface area contributed by atoms with Gasteiger partial charge in [-0.3, -0.25) is 10.6 Å². The van der Waals surface area contributed by atoms with Crippen molar-refractivity contribution in [2.45, 2.75) is 79.8 Å². The minimum atomic E-state index is -0.383. The Kier molecular flexibility index (Phi) is 14.5. The molecule has 0 saturated heterocycles. The lowest BCUT2D eigenvalue weighted by Gasteiger charge is -2.34. The van der Waals surface area contributed by atoms with E-state index in [4.69, 9.17) is 17.3 Å².